The van der Waals surface area contributed by atoms with E-state index in [1.54, 1.807) is 33.2 Å². The van der Waals surface area contributed by atoms with E-state index in [4.69, 9.17) is 0 Å². The van der Waals surface area contributed by atoms with E-state index in [1.807, 2.05) is 22.9 Å². The normalized spacial score (nSPS) is 17.2. The molecule has 0 radical (unpaired) electrons. The van der Waals surface area contributed by atoms with Gasteiger partial charge in [0, 0.05) is 11.3 Å². The Balaban J connectivity index is 1.55. The van der Waals surface area contributed by atoms with Gasteiger partial charge in [-0.05, 0) is 22.9 Å². The first-order valence-corrected chi connectivity index (χ1v) is 10.8. The van der Waals surface area contributed by atoms with Gasteiger partial charge in [-0.2, -0.15) is 5.10 Å². The van der Waals surface area contributed by atoms with Crippen LogP contribution in [0.1, 0.15) is 22.2 Å². The zero-order valence-corrected chi connectivity index (χ0v) is 15.6. The summed E-state index contributed by atoms with van der Waals surface area (Å²) >= 11 is 6.18. The monoisotopic (exact) mass is 392 g/mol. The number of hydrazone groups is 1. The van der Waals surface area contributed by atoms with Gasteiger partial charge >= 0.3 is 0 Å². The Morgan fingerprint density at radius 3 is 2.83 bits per heavy atom. The standard InChI is InChI=1S/C15H12N4OS4/c20-14(8-23-15-17-16-9-24-15)19-11(13-4-2-6-22-13)7-10(18-19)12-3-1-5-21-12/h1-6,9,11H,7-8H2/t11-/m1/s1. The van der Waals surface area contributed by atoms with E-state index in [1.165, 1.54) is 28.0 Å². The van der Waals surface area contributed by atoms with Crippen LogP contribution < -0.4 is 0 Å². The van der Waals surface area contributed by atoms with E-state index in [2.05, 4.69) is 27.4 Å². The Bertz CT molecular complexity index is 827. The highest BCUT2D eigenvalue weighted by Gasteiger charge is 2.33. The van der Waals surface area contributed by atoms with Crippen molar-refractivity contribution in [2.24, 2.45) is 5.10 Å². The number of aromatic nitrogens is 2. The first-order valence-electron chi connectivity index (χ1n) is 7.17. The fourth-order valence-corrected chi connectivity index (χ4v) is 5.32. The summed E-state index contributed by atoms with van der Waals surface area (Å²) < 4.78 is 0.803. The van der Waals surface area contributed by atoms with E-state index < -0.39 is 0 Å². The molecule has 0 saturated heterocycles. The Morgan fingerprint density at radius 2 is 2.12 bits per heavy atom. The number of thiophene rings is 2. The highest BCUT2D eigenvalue weighted by Crippen LogP contribution is 2.36. The Morgan fingerprint density at radius 1 is 1.25 bits per heavy atom. The van der Waals surface area contributed by atoms with Gasteiger partial charge in [-0.15, -0.1) is 32.9 Å². The van der Waals surface area contributed by atoms with Crippen molar-refractivity contribution >= 4 is 57.4 Å². The number of hydrogen-bond donors (Lipinski definition) is 0. The molecular weight excluding hydrogens is 380 g/mol. The van der Waals surface area contributed by atoms with Gasteiger partial charge in [0.05, 0.1) is 22.4 Å². The summed E-state index contributed by atoms with van der Waals surface area (Å²) in [7, 11) is 0. The molecule has 3 aromatic rings. The van der Waals surface area contributed by atoms with Crippen molar-refractivity contribution in [2.45, 2.75) is 16.8 Å². The molecule has 0 aromatic carbocycles. The maximum atomic E-state index is 12.7. The molecule has 0 spiro atoms. The van der Waals surface area contributed by atoms with Crippen LogP contribution in [0.4, 0.5) is 0 Å². The van der Waals surface area contributed by atoms with E-state index in [0.29, 0.717) is 5.75 Å². The quantitative estimate of drug-likeness (QED) is 0.613. The van der Waals surface area contributed by atoms with Crippen LogP contribution in [0.3, 0.4) is 0 Å². The summed E-state index contributed by atoms with van der Waals surface area (Å²) in [4.78, 5) is 15.0. The fourth-order valence-electron chi connectivity index (χ4n) is 2.45. The van der Waals surface area contributed by atoms with Crippen molar-refractivity contribution in [3.05, 3.63) is 50.3 Å². The topological polar surface area (TPSA) is 58.5 Å². The van der Waals surface area contributed by atoms with Gasteiger partial charge in [-0.1, -0.05) is 35.2 Å². The molecule has 1 aliphatic heterocycles. The molecule has 4 heterocycles. The molecule has 0 aliphatic carbocycles. The average Bonchev–Trinajstić information content (AvgIpc) is 3.40. The van der Waals surface area contributed by atoms with Crippen molar-refractivity contribution in [1.29, 1.82) is 0 Å². The zero-order valence-electron chi connectivity index (χ0n) is 12.4. The van der Waals surface area contributed by atoms with Gasteiger partial charge in [-0.25, -0.2) is 5.01 Å². The second-order valence-corrected chi connectivity index (χ2v) is 8.97. The van der Waals surface area contributed by atoms with Gasteiger partial charge in [0.1, 0.15) is 5.51 Å². The molecule has 0 saturated carbocycles. The minimum atomic E-state index is -0.00961. The van der Waals surface area contributed by atoms with E-state index in [9.17, 15) is 4.79 Å². The van der Waals surface area contributed by atoms with Crippen LogP contribution in [0.2, 0.25) is 0 Å². The van der Waals surface area contributed by atoms with Crippen molar-refractivity contribution < 1.29 is 4.79 Å². The first-order chi connectivity index (χ1) is 11.8. The second-order valence-electron chi connectivity index (χ2n) is 4.99. The van der Waals surface area contributed by atoms with Crippen molar-refractivity contribution in [2.75, 3.05) is 5.75 Å². The predicted molar refractivity (Wildman–Crippen MR) is 100 cm³/mol. The van der Waals surface area contributed by atoms with Gasteiger partial charge in [0.2, 0.25) is 0 Å². The van der Waals surface area contributed by atoms with Crippen LogP contribution in [-0.2, 0) is 4.79 Å². The maximum absolute atomic E-state index is 12.7. The number of rotatable bonds is 5. The van der Waals surface area contributed by atoms with E-state index in [-0.39, 0.29) is 11.9 Å². The number of carbonyl (C=O) groups excluding carboxylic acids is 1. The van der Waals surface area contributed by atoms with Crippen LogP contribution in [-0.4, -0.2) is 32.6 Å². The minimum absolute atomic E-state index is 0.000145. The highest BCUT2D eigenvalue weighted by molar-refractivity contribution is 8.01. The van der Waals surface area contributed by atoms with E-state index >= 15 is 0 Å². The molecule has 0 N–H and O–H groups in total. The highest BCUT2D eigenvalue weighted by atomic mass is 32.2. The molecule has 1 atom stereocenters. The number of amides is 1. The second kappa shape index (κ2) is 7.14. The minimum Gasteiger partial charge on any atom is -0.272 e. The molecule has 1 amide bonds. The van der Waals surface area contributed by atoms with Crippen LogP contribution in [0.15, 0.2) is 50.0 Å². The SMILES string of the molecule is O=C(CSc1nncs1)N1N=C(c2cccs2)C[C@@H]1c1cccs1. The largest absolute Gasteiger partial charge is 0.272 e. The molecule has 3 aromatic heterocycles. The Hall–Kier alpha value is -1.55. The van der Waals surface area contributed by atoms with Crippen LogP contribution in [0.5, 0.6) is 0 Å². The van der Waals surface area contributed by atoms with Gasteiger partial charge < -0.3 is 0 Å². The molecule has 5 nitrogen and oxygen atoms in total. The molecule has 9 heteroatoms. The smallest absolute Gasteiger partial charge is 0.253 e. The summed E-state index contributed by atoms with van der Waals surface area (Å²) in [5.41, 5.74) is 2.65. The van der Waals surface area contributed by atoms with Gasteiger partial charge in [0.25, 0.3) is 5.91 Å². The lowest BCUT2D eigenvalue weighted by Crippen LogP contribution is -2.28. The third-order valence-electron chi connectivity index (χ3n) is 3.50. The summed E-state index contributed by atoms with van der Waals surface area (Å²) in [6.45, 7) is 0. The number of nitrogens with zero attached hydrogens (tertiary/aromatic N) is 4. The van der Waals surface area contributed by atoms with Crippen LogP contribution >= 0.6 is 45.8 Å². The molecule has 0 bridgehead atoms. The average molecular weight is 393 g/mol. The van der Waals surface area contributed by atoms with Crippen molar-refractivity contribution in [3.63, 3.8) is 0 Å². The third-order valence-corrected chi connectivity index (χ3v) is 7.24. The Labute approximate surface area is 155 Å². The fraction of sp³-hybridized carbons (Fsp3) is 0.200. The molecular formula is C15H12N4OS4. The van der Waals surface area contributed by atoms with E-state index in [0.717, 1.165) is 21.3 Å². The van der Waals surface area contributed by atoms with Gasteiger partial charge in [-0.3, -0.25) is 4.79 Å². The number of thioether (sulfide) groups is 1. The summed E-state index contributed by atoms with van der Waals surface area (Å²) in [6, 6.07) is 8.14. The summed E-state index contributed by atoms with van der Waals surface area (Å²) in [6.07, 6.45) is 0.760. The maximum Gasteiger partial charge on any atom is 0.253 e. The number of carbonyl (C=O) groups is 1. The molecule has 122 valence electrons. The lowest BCUT2D eigenvalue weighted by molar-refractivity contribution is -0.130. The summed E-state index contributed by atoms with van der Waals surface area (Å²) in [5.74, 6) is 0.318. The predicted octanol–water partition coefficient (Wildman–Crippen LogP) is 4.13. The van der Waals surface area contributed by atoms with Gasteiger partial charge in [0.15, 0.2) is 4.34 Å². The third kappa shape index (κ3) is 3.30. The van der Waals surface area contributed by atoms with Crippen LogP contribution in [0.25, 0.3) is 0 Å². The molecule has 4 rings (SSSR count). The van der Waals surface area contributed by atoms with Crippen LogP contribution in [0, 0.1) is 0 Å². The lowest BCUT2D eigenvalue weighted by atomic mass is 10.1. The van der Waals surface area contributed by atoms with Crippen molar-refractivity contribution in [3.8, 4) is 0 Å². The Kier molecular flexibility index (Phi) is 4.74. The number of hydrogen-bond acceptors (Lipinski definition) is 8. The molecule has 1 aliphatic rings. The first kappa shape index (κ1) is 15.9. The molecule has 0 unspecified atom stereocenters. The van der Waals surface area contributed by atoms with Crippen molar-refractivity contribution in [1.82, 2.24) is 15.2 Å². The summed E-state index contributed by atoms with van der Waals surface area (Å²) in [5, 5.41) is 18.1. The lowest BCUT2D eigenvalue weighted by Gasteiger charge is -2.20. The molecule has 24 heavy (non-hydrogen) atoms. The zero-order chi connectivity index (χ0) is 16.4. The molecule has 0 fully saturated rings.